The van der Waals surface area contributed by atoms with Crippen LogP contribution in [0.1, 0.15) is 41.3 Å². The van der Waals surface area contributed by atoms with Crippen LogP contribution in [0.15, 0.2) is 42.5 Å². The molecule has 0 spiro atoms. The van der Waals surface area contributed by atoms with Gasteiger partial charge in [0.15, 0.2) is 6.61 Å². The third kappa shape index (κ3) is 5.57. The van der Waals surface area contributed by atoms with E-state index in [1.165, 1.54) is 0 Å². The van der Waals surface area contributed by atoms with E-state index < -0.39 is 0 Å². The van der Waals surface area contributed by atoms with Crippen LogP contribution in [0.2, 0.25) is 0 Å². The third-order valence-corrected chi connectivity index (χ3v) is 4.86. The lowest BCUT2D eigenvalue weighted by Crippen LogP contribution is -2.40. The van der Waals surface area contributed by atoms with Gasteiger partial charge in [0.25, 0.3) is 11.8 Å². The van der Waals surface area contributed by atoms with Crippen molar-refractivity contribution in [2.75, 3.05) is 38.2 Å². The van der Waals surface area contributed by atoms with Gasteiger partial charge in [0, 0.05) is 24.3 Å². The Balaban J connectivity index is 1.56. The van der Waals surface area contributed by atoms with Gasteiger partial charge in [-0.3, -0.25) is 9.59 Å². The number of carbonyl (C=O) groups is 2. The zero-order valence-corrected chi connectivity index (χ0v) is 17.2. The molecule has 1 fully saturated rings. The number of hydrogen-bond acceptors (Lipinski definition) is 4. The Hall–Kier alpha value is -2.86. The van der Waals surface area contributed by atoms with E-state index in [9.17, 15) is 9.59 Å². The number of anilines is 1. The molecule has 6 nitrogen and oxygen atoms in total. The number of ether oxygens (including phenoxy) is 2. The summed E-state index contributed by atoms with van der Waals surface area (Å²) in [6.45, 7) is 8.46. The number of aryl methyl sites for hydroxylation is 1. The summed E-state index contributed by atoms with van der Waals surface area (Å²) in [6.07, 6.45) is 0. The van der Waals surface area contributed by atoms with Crippen LogP contribution < -0.4 is 10.1 Å². The molecule has 0 bridgehead atoms. The van der Waals surface area contributed by atoms with Gasteiger partial charge in [0.1, 0.15) is 5.75 Å². The van der Waals surface area contributed by atoms with Crippen molar-refractivity contribution in [3.63, 3.8) is 0 Å². The van der Waals surface area contributed by atoms with E-state index in [4.69, 9.17) is 9.47 Å². The van der Waals surface area contributed by atoms with Gasteiger partial charge in [0.2, 0.25) is 0 Å². The Kier molecular flexibility index (Phi) is 6.88. The maximum atomic E-state index is 12.5. The van der Waals surface area contributed by atoms with Gasteiger partial charge in [-0.1, -0.05) is 26.0 Å². The monoisotopic (exact) mass is 396 g/mol. The molecule has 1 heterocycles. The second-order valence-electron chi connectivity index (χ2n) is 7.51. The minimum absolute atomic E-state index is 0.0184. The van der Waals surface area contributed by atoms with Crippen LogP contribution in [-0.2, 0) is 9.53 Å². The summed E-state index contributed by atoms with van der Waals surface area (Å²) < 4.78 is 11.0. The molecule has 0 aliphatic carbocycles. The summed E-state index contributed by atoms with van der Waals surface area (Å²) in [5.74, 6) is 0.787. The summed E-state index contributed by atoms with van der Waals surface area (Å²) in [4.78, 5) is 26.5. The Bertz CT molecular complexity index is 856. The lowest BCUT2D eigenvalue weighted by Gasteiger charge is -2.26. The van der Waals surface area contributed by atoms with Crippen LogP contribution in [-0.4, -0.2) is 49.6 Å². The minimum Gasteiger partial charge on any atom is -0.483 e. The van der Waals surface area contributed by atoms with Crippen molar-refractivity contribution >= 4 is 17.5 Å². The molecule has 0 aromatic heterocycles. The number of benzene rings is 2. The summed E-state index contributed by atoms with van der Waals surface area (Å²) in [5, 5.41) is 2.81. The largest absolute Gasteiger partial charge is 0.483 e. The molecule has 0 saturated carbocycles. The van der Waals surface area contributed by atoms with Gasteiger partial charge in [-0.15, -0.1) is 0 Å². The average Bonchev–Trinajstić information content (AvgIpc) is 2.73. The number of hydrogen-bond donors (Lipinski definition) is 1. The highest BCUT2D eigenvalue weighted by atomic mass is 16.5. The van der Waals surface area contributed by atoms with Crippen LogP contribution in [0, 0.1) is 6.92 Å². The van der Waals surface area contributed by atoms with Gasteiger partial charge in [-0.25, -0.2) is 0 Å². The molecule has 154 valence electrons. The molecule has 0 unspecified atom stereocenters. The molecule has 2 aromatic carbocycles. The van der Waals surface area contributed by atoms with Crippen LogP contribution in [0.3, 0.4) is 0 Å². The molecule has 29 heavy (non-hydrogen) atoms. The number of rotatable bonds is 6. The first kappa shape index (κ1) is 20.9. The van der Waals surface area contributed by atoms with Crippen molar-refractivity contribution in [2.45, 2.75) is 26.7 Å². The first-order valence-corrected chi connectivity index (χ1v) is 9.94. The van der Waals surface area contributed by atoms with Crippen molar-refractivity contribution in [2.24, 2.45) is 0 Å². The molecule has 3 rings (SSSR count). The number of carbonyl (C=O) groups excluding carboxylic acids is 2. The molecule has 2 aromatic rings. The Morgan fingerprint density at radius 1 is 1.10 bits per heavy atom. The van der Waals surface area contributed by atoms with E-state index in [1.807, 2.05) is 25.1 Å². The fraction of sp³-hybridized carbons (Fsp3) is 0.391. The number of morpholine rings is 1. The summed E-state index contributed by atoms with van der Waals surface area (Å²) >= 11 is 0. The van der Waals surface area contributed by atoms with Gasteiger partial charge in [-0.05, 0) is 54.3 Å². The zero-order valence-electron chi connectivity index (χ0n) is 17.2. The van der Waals surface area contributed by atoms with Crippen molar-refractivity contribution in [3.05, 3.63) is 59.2 Å². The fourth-order valence-corrected chi connectivity index (χ4v) is 3.23. The number of nitrogens with zero attached hydrogens (tertiary/aromatic N) is 1. The van der Waals surface area contributed by atoms with E-state index in [2.05, 4.69) is 19.2 Å². The molecule has 6 heteroatoms. The molecule has 2 amide bonds. The lowest BCUT2D eigenvalue weighted by atomic mass is 10.0. The predicted molar refractivity (Wildman–Crippen MR) is 113 cm³/mol. The Morgan fingerprint density at radius 3 is 2.45 bits per heavy atom. The normalized spacial score (nSPS) is 14.0. The predicted octanol–water partition coefficient (Wildman–Crippen LogP) is 3.61. The van der Waals surface area contributed by atoms with E-state index in [-0.39, 0.29) is 18.4 Å². The van der Waals surface area contributed by atoms with E-state index in [0.29, 0.717) is 43.5 Å². The standard InChI is InChI=1S/C23H28N2O4/c1-16(2)20-9-4-17(3)14-21(20)29-15-22(26)24-19-7-5-18(6-8-19)23(27)25-10-12-28-13-11-25/h4-9,14,16H,10-13,15H2,1-3H3,(H,24,26). The minimum atomic E-state index is -0.242. The molecule has 1 N–H and O–H groups in total. The van der Waals surface area contributed by atoms with Crippen molar-refractivity contribution in [1.82, 2.24) is 4.90 Å². The van der Waals surface area contributed by atoms with E-state index in [0.717, 1.165) is 16.9 Å². The fourth-order valence-electron chi connectivity index (χ4n) is 3.23. The molecule has 0 radical (unpaired) electrons. The second kappa shape index (κ2) is 9.56. The van der Waals surface area contributed by atoms with E-state index >= 15 is 0 Å². The summed E-state index contributed by atoms with van der Waals surface area (Å²) in [6, 6.07) is 13.0. The van der Waals surface area contributed by atoms with Crippen molar-refractivity contribution in [3.8, 4) is 5.75 Å². The molecule has 0 atom stereocenters. The van der Waals surface area contributed by atoms with Gasteiger partial charge in [-0.2, -0.15) is 0 Å². The quantitative estimate of drug-likeness (QED) is 0.810. The van der Waals surface area contributed by atoms with Gasteiger partial charge in [0.05, 0.1) is 13.2 Å². The van der Waals surface area contributed by atoms with Crippen LogP contribution in [0.25, 0.3) is 0 Å². The average molecular weight is 396 g/mol. The second-order valence-corrected chi connectivity index (χ2v) is 7.51. The third-order valence-electron chi connectivity index (χ3n) is 4.86. The Labute approximate surface area is 171 Å². The highest BCUT2D eigenvalue weighted by Gasteiger charge is 2.18. The maximum absolute atomic E-state index is 12.5. The van der Waals surface area contributed by atoms with Crippen molar-refractivity contribution in [1.29, 1.82) is 0 Å². The zero-order chi connectivity index (χ0) is 20.8. The molecular formula is C23H28N2O4. The SMILES string of the molecule is Cc1ccc(C(C)C)c(OCC(=O)Nc2ccc(C(=O)N3CCOCC3)cc2)c1. The summed E-state index contributed by atoms with van der Waals surface area (Å²) in [5.41, 5.74) is 3.40. The van der Waals surface area contributed by atoms with Gasteiger partial charge < -0.3 is 19.7 Å². The Morgan fingerprint density at radius 2 is 1.79 bits per heavy atom. The smallest absolute Gasteiger partial charge is 0.262 e. The maximum Gasteiger partial charge on any atom is 0.262 e. The molecule has 1 aliphatic heterocycles. The summed E-state index contributed by atoms with van der Waals surface area (Å²) in [7, 11) is 0. The highest BCUT2D eigenvalue weighted by Crippen LogP contribution is 2.27. The number of amides is 2. The number of nitrogens with one attached hydrogen (secondary N) is 1. The first-order valence-electron chi connectivity index (χ1n) is 9.94. The highest BCUT2D eigenvalue weighted by molar-refractivity contribution is 5.96. The lowest BCUT2D eigenvalue weighted by molar-refractivity contribution is -0.118. The topological polar surface area (TPSA) is 67.9 Å². The molecule has 1 saturated heterocycles. The van der Waals surface area contributed by atoms with Gasteiger partial charge >= 0.3 is 0 Å². The van der Waals surface area contributed by atoms with Crippen LogP contribution in [0.4, 0.5) is 5.69 Å². The molecular weight excluding hydrogens is 368 g/mol. The van der Waals surface area contributed by atoms with Crippen LogP contribution in [0.5, 0.6) is 5.75 Å². The van der Waals surface area contributed by atoms with Crippen molar-refractivity contribution < 1.29 is 19.1 Å². The van der Waals surface area contributed by atoms with Crippen LogP contribution >= 0.6 is 0 Å². The molecule has 1 aliphatic rings. The first-order chi connectivity index (χ1) is 13.9. The van der Waals surface area contributed by atoms with E-state index in [1.54, 1.807) is 29.2 Å².